The zero-order chi connectivity index (χ0) is 20.6. The number of guanidine groups is 1. The molecular formula is C21H24F2N4O2. The number of rotatable bonds is 7. The highest BCUT2D eigenvalue weighted by molar-refractivity contribution is 5.94. The largest absolute Gasteiger partial charge is 0.492 e. The normalized spacial score (nSPS) is 16.0. The third kappa shape index (κ3) is 5.66. The van der Waals surface area contributed by atoms with Gasteiger partial charge in [-0.1, -0.05) is 18.2 Å². The molecular weight excluding hydrogens is 378 g/mol. The van der Waals surface area contributed by atoms with E-state index in [1.807, 2.05) is 31.2 Å². The summed E-state index contributed by atoms with van der Waals surface area (Å²) in [5.74, 6) is -0.991. The Morgan fingerprint density at radius 2 is 2.03 bits per heavy atom. The molecule has 154 valence electrons. The molecule has 1 aliphatic heterocycles. The zero-order valence-electron chi connectivity index (χ0n) is 16.2. The summed E-state index contributed by atoms with van der Waals surface area (Å²) in [6, 6.07) is 11.2. The SMILES string of the molecule is CCNC(=NCC1CC(=O)Nc2ccccc21)NCCOc1ccc(F)c(F)c1. The van der Waals surface area contributed by atoms with Gasteiger partial charge in [0, 0.05) is 30.6 Å². The maximum absolute atomic E-state index is 13.2. The number of benzene rings is 2. The van der Waals surface area contributed by atoms with Gasteiger partial charge in [-0.05, 0) is 30.7 Å². The Labute approximate surface area is 168 Å². The van der Waals surface area contributed by atoms with Crippen molar-refractivity contribution in [3.8, 4) is 5.75 Å². The second-order valence-corrected chi connectivity index (χ2v) is 6.61. The van der Waals surface area contributed by atoms with Crippen molar-refractivity contribution in [1.29, 1.82) is 0 Å². The molecule has 8 heteroatoms. The monoisotopic (exact) mass is 402 g/mol. The number of amides is 1. The molecule has 1 heterocycles. The number of nitrogens with zero attached hydrogens (tertiary/aromatic N) is 1. The third-order valence-electron chi connectivity index (χ3n) is 4.47. The van der Waals surface area contributed by atoms with Crippen molar-refractivity contribution in [2.75, 3.05) is 31.6 Å². The predicted octanol–water partition coefficient (Wildman–Crippen LogP) is 3.02. The number of aliphatic imine (C=N–C) groups is 1. The number of fused-ring (bicyclic) bond motifs is 1. The van der Waals surface area contributed by atoms with E-state index in [0.29, 0.717) is 32.0 Å². The Morgan fingerprint density at radius 1 is 1.21 bits per heavy atom. The molecule has 3 N–H and O–H groups in total. The molecule has 0 saturated heterocycles. The Balaban J connectivity index is 1.54. The molecule has 6 nitrogen and oxygen atoms in total. The standard InChI is InChI=1S/C21H24F2N4O2/c1-2-24-21(25-9-10-29-15-7-8-17(22)18(23)12-15)26-13-14-11-20(28)27-19-6-4-3-5-16(14)19/h3-8,12,14H,2,9-11,13H2,1H3,(H,27,28)(H2,24,25,26). The number of carbonyl (C=O) groups is 1. The van der Waals surface area contributed by atoms with Gasteiger partial charge in [0.15, 0.2) is 17.6 Å². The minimum Gasteiger partial charge on any atom is -0.492 e. The molecule has 0 radical (unpaired) electrons. The van der Waals surface area contributed by atoms with Crippen molar-refractivity contribution in [2.24, 2.45) is 4.99 Å². The maximum Gasteiger partial charge on any atom is 0.225 e. The van der Waals surface area contributed by atoms with E-state index in [0.717, 1.165) is 23.4 Å². The molecule has 1 atom stereocenters. The smallest absolute Gasteiger partial charge is 0.225 e. The van der Waals surface area contributed by atoms with Crippen molar-refractivity contribution >= 4 is 17.6 Å². The topological polar surface area (TPSA) is 74.8 Å². The summed E-state index contributed by atoms with van der Waals surface area (Å²) in [5, 5.41) is 9.17. The zero-order valence-corrected chi connectivity index (χ0v) is 16.2. The van der Waals surface area contributed by atoms with Crippen LogP contribution in [0.2, 0.25) is 0 Å². The highest BCUT2D eigenvalue weighted by Gasteiger charge is 2.24. The second-order valence-electron chi connectivity index (χ2n) is 6.61. The van der Waals surface area contributed by atoms with Crippen LogP contribution in [0.15, 0.2) is 47.5 Å². The van der Waals surface area contributed by atoms with Gasteiger partial charge in [0.25, 0.3) is 0 Å². The summed E-state index contributed by atoms with van der Waals surface area (Å²) < 4.78 is 31.6. The summed E-state index contributed by atoms with van der Waals surface area (Å²) in [6.07, 6.45) is 0.388. The van der Waals surface area contributed by atoms with Crippen LogP contribution in [0.3, 0.4) is 0 Å². The van der Waals surface area contributed by atoms with Gasteiger partial charge in [-0.25, -0.2) is 8.78 Å². The fraction of sp³-hybridized carbons (Fsp3) is 0.333. The van der Waals surface area contributed by atoms with E-state index >= 15 is 0 Å². The van der Waals surface area contributed by atoms with Gasteiger partial charge in [0.05, 0.1) is 13.1 Å². The van der Waals surface area contributed by atoms with E-state index in [1.165, 1.54) is 6.07 Å². The minimum atomic E-state index is -0.942. The average Bonchev–Trinajstić information content (AvgIpc) is 2.71. The van der Waals surface area contributed by atoms with E-state index < -0.39 is 11.6 Å². The fourth-order valence-electron chi connectivity index (χ4n) is 3.11. The van der Waals surface area contributed by atoms with Gasteiger partial charge in [-0.15, -0.1) is 0 Å². The fourth-order valence-corrected chi connectivity index (χ4v) is 3.11. The maximum atomic E-state index is 13.2. The first-order chi connectivity index (χ1) is 14.1. The molecule has 0 spiro atoms. The number of hydrogen-bond donors (Lipinski definition) is 3. The molecule has 29 heavy (non-hydrogen) atoms. The Bertz CT molecular complexity index is 889. The van der Waals surface area contributed by atoms with E-state index in [9.17, 15) is 13.6 Å². The first kappa shape index (κ1) is 20.6. The Kier molecular flexibility index (Phi) is 6.99. The van der Waals surface area contributed by atoms with Crippen LogP contribution in [-0.4, -0.2) is 38.1 Å². The first-order valence-corrected chi connectivity index (χ1v) is 9.55. The number of halogens is 2. The molecule has 0 aliphatic carbocycles. The molecule has 2 aromatic carbocycles. The summed E-state index contributed by atoms with van der Waals surface area (Å²) in [6.45, 7) is 3.77. The highest BCUT2D eigenvalue weighted by Crippen LogP contribution is 2.31. The summed E-state index contributed by atoms with van der Waals surface area (Å²) in [5.41, 5.74) is 1.91. The molecule has 1 aliphatic rings. The predicted molar refractivity (Wildman–Crippen MR) is 108 cm³/mol. The lowest BCUT2D eigenvalue weighted by Gasteiger charge is -2.24. The number of anilines is 1. The first-order valence-electron chi connectivity index (χ1n) is 9.55. The lowest BCUT2D eigenvalue weighted by Crippen LogP contribution is -2.39. The van der Waals surface area contributed by atoms with Crippen LogP contribution in [0.5, 0.6) is 5.75 Å². The van der Waals surface area contributed by atoms with Crippen molar-refractivity contribution < 1.29 is 18.3 Å². The summed E-state index contributed by atoms with van der Waals surface area (Å²) >= 11 is 0. The van der Waals surface area contributed by atoms with Crippen LogP contribution in [0.1, 0.15) is 24.8 Å². The number of carbonyl (C=O) groups excluding carboxylic acids is 1. The lowest BCUT2D eigenvalue weighted by molar-refractivity contribution is -0.116. The van der Waals surface area contributed by atoms with Gasteiger partial charge < -0.3 is 20.7 Å². The molecule has 2 aromatic rings. The van der Waals surface area contributed by atoms with Gasteiger partial charge in [0.2, 0.25) is 5.91 Å². The van der Waals surface area contributed by atoms with Gasteiger partial charge >= 0.3 is 0 Å². The number of hydrogen-bond acceptors (Lipinski definition) is 3. The Morgan fingerprint density at radius 3 is 2.83 bits per heavy atom. The summed E-state index contributed by atoms with van der Waals surface area (Å²) in [7, 11) is 0. The van der Waals surface area contributed by atoms with E-state index in [1.54, 1.807) is 0 Å². The van der Waals surface area contributed by atoms with Crippen molar-refractivity contribution in [3.63, 3.8) is 0 Å². The minimum absolute atomic E-state index is 0.00819. The van der Waals surface area contributed by atoms with Crippen LogP contribution >= 0.6 is 0 Å². The molecule has 1 amide bonds. The van der Waals surface area contributed by atoms with Gasteiger partial charge in [0.1, 0.15) is 12.4 Å². The second kappa shape index (κ2) is 9.86. The van der Waals surface area contributed by atoms with Crippen molar-refractivity contribution in [1.82, 2.24) is 10.6 Å². The van der Waals surface area contributed by atoms with E-state index in [-0.39, 0.29) is 24.2 Å². The molecule has 0 fully saturated rings. The number of para-hydroxylation sites is 1. The summed E-state index contributed by atoms with van der Waals surface area (Å²) in [4.78, 5) is 16.5. The quantitative estimate of drug-likeness (QED) is 0.378. The van der Waals surface area contributed by atoms with Crippen molar-refractivity contribution in [2.45, 2.75) is 19.3 Å². The molecule has 0 bridgehead atoms. The van der Waals surface area contributed by atoms with Gasteiger partial charge in [-0.2, -0.15) is 0 Å². The number of nitrogens with one attached hydrogen (secondary N) is 3. The van der Waals surface area contributed by atoms with Crippen LogP contribution in [0.4, 0.5) is 14.5 Å². The van der Waals surface area contributed by atoms with Crippen molar-refractivity contribution in [3.05, 3.63) is 59.7 Å². The molecule has 0 saturated carbocycles. The third-order valence-corrected chi connectivity index (χ3v) is 4.47. The van der Waals surface area contributed by atoms with Crippen LogP contribution in [0, 0.1) is 11.6 Å². The molecule has 0 aromatic heterocycles. The Hall–Kier alpha value is -3.16. The van der Waals surface area contributed by atoms with Crippen LogP contribution in [-0.2, 0) is 4.79 Å². The number of ether oxygens (including phenoxy) is 1. The van der Waals surface area contributed by atoms with E-state index in [4.69, 9.17) is 4.74 Å². The van der Waals surface area contributed by atoms with Crippen LogP contribution in [0.25, 0.3) is 0 Å². The molecule has 1 unspecified atom stereocenters. The highest BCUT2D eigenvalue weighted by atomic mass is 19.2. The van der Waals surface area contributed by atoms with Gasteiger partial charge in [-0.3, -0.25) is 9.79 Å². The van der Waals surface area contributed by atoms with E-state index in [2.05, 4.69) is 20.9 Å². The molecule has 3 rings (SSSR count). The van der Waals surface area contributed by atoms with Crippen LogP contribution < -0.4 is 20.7 Å². The average molecular weight is 402 g/mol. The lowest BCUT2D eigenvalue weighted by atomic mass is 9.91.